The topological polar surface area (TPSA) is 59.7 Å². The molecule has 0 spiro atoms. The van der Waals surface area contributed by atoms with E-state index < -0.39 is 0 Å². The number of aromatic nitrogens is 3. The van der Waals surface area contributed by atoms with Gasteiger partial charge in [-0.15, -0.1) is 0 Å². The van der Waals surface area contributed by atoms with Crippen LogP contribution in [0, 0.1) is 0 Å². The molecule has 0 aliphatic carbocycles. The van der Waals surface area contributed by atoms with Crippen molar-refractivity contribution in [2.75, 3.05) is 7.11 Å². The third kappa shape index (κ3) is 2.86. The highest BCUT2D eigenvalue weighted by molar-refractivity contribution is 5.84. The zero-order valence-corrected chi connectivity index (χ0v) is 13.8. The van der Waals surface area contributed by atoms with Crippen LogP contribution in [0.4, 0.5) is 0 Å². The number of rotatable bonds is 4. The number of imidazole rings is 1. The molecule has 0 aliphatic heterocycles. The van der Waals surface area contributed by atoms with E-state index in [9.17, 15) is 5.11 Å². The van der Waals surface area contributed by atoms with Crippen LogP contribution in [0.1, 0.15) is 5.56 Å². The predicted octanol–water partition coefficient (Wildman–Crippen LogP) is 3.56. The van der Waals surface area contributed by atoms with Crippen LogP contribution in [0.2, 0.25) is 0 Å². The average Bonchev–Trinajstić information content (AvgIpc) is 3.16. The Hall–Kier alpha value is -3.18. The fraction of sp³-hybridized carbons (Fsp3) is 0.100. The first-order valence-corrected chi connectivity index (χ1v) is 7.95. The van der Waals surface area contributed by atoms with E-state index in [1.54, 1.807) is 19.6 Å². The highest BCUT2D eigenvalue weighted by atomic mass is 16.5. The number of hydrogen-bond acceptors (Lipinski definition) is 4. The minimum Gasteiger partial charge on any atom is -0.481 e. The number of aliphatic hydroxyl groups is 1. The molecule has 0 bridgehead atoms. The van der Waals surface area contributed by atoms with Crippen molar-refractivity contribution < 1.29 is 9.84 Å². The van der Waals surface area contributed by atoms with Crippen LogP contribution in [-0.4, -0.2) is 26.6 Å². The lowest BCUT2D eigenvalue weighted by molar-refractivity contribution is 0.282. The molecule has 0 fully saturated rings. The Labute approximate surface area is 145 Å². The van der Waals surface area contributed by atoms with Gasteiger partial charge in [0.2, 0.25) is 5.88 Å². The zero-order chi connectivity index (χ0) is 17.2. The number of methoxy groups -OCH3 is 1. The van der Waals surface area contributed by atoms with Gasteiger partial charge in [0.15, 0.2) is 0 Å². The second-order valence-corrected chi connectivity index (χ2v) is 5.78. The highest BCUT2D eigenvalue weighted by Crippen LogP contribution is 2.31. The molecule has 5 nitrogen and oxygen atoms in total. The Morgan fingerprint density at radius 2 is 1.96 bits per heavy atom. The van der Waals surface area contributed by atoms with E-state index in [0.717, 1.165) is 33.3 Å². The van der Waals surface area contributed by atoms with E-state index in [1.165, 1.54) is 0 Å². The van der Waals surface area contributed by atoms with Crippen molar-refractivity contribution in [1.82, 2.24) is 14.4 Å². The predicted molar refractivity (Wildman–Crippen MR) is 96.3 cm³/mol. The van der Waals surface area contributed by atoms with Crippen molar-refractivity contribution in [3.05, 3.63) is 72.9 Å². The molecule has 0 atom stereocenters. The molecule has 0 radical (unpaired) electrons. The van der Waals surface area contributed by atoms with Gasteiger partial charge in [0, 0.05) is 29.6 Å². The molecule has 3 aromatic heterocycles. The van der Waals surface area contributed by atoms with Gasteiger partial charge in [-0.1, -0.05) is 18.2 Å². The van der Waals surface area contributed by atoms with E-state index in [4.69, 9.17) is 4.74 Å². The van der Waals surface area contributed by atoms with Gasteiger partial charge in [-0.2, -0.15) is 0 Å². The molecule has 0 aliphatic rings. The van der Waals surface area contributed by atoms with Crippen LogP contribution in [0.25, 0.3) is 27.8 Å². The molecule has 0 unspecified atom stereocenters. The summed E-state index contributed by atoms with van der Waals surface area (Å²) in [7, 11) is 1.60. The number of fused-ring (bicyclic) bond motifs is 1. The van der Waals surface area contributed by atoms with E-state index in [1.807, 2.05) is 53.2 Å². The van der Waals surface area contributed by atoms with Crippen LogP contribution in [0.3, 0.4) is 0 Å². The molecule has 0 saturated heterocycles. The summed E-state index contributed by atoms with van der Waals surface area (Å²) in [5.41, 5.74) is 6.02. The molecule has 1 aromatic carbocycles. The molecule has 25 heavy (non-hydrogen) atoms. The van der Waals surface area contributed by atoms with Crippen molar-refractivity contribution in [2.45, 2.75) is 6.61 Å². The molecular weight excluding hydrogens is 314 g/mol. The Bertz CT molecular complexity index is 1020. The second kappa shape index (κ2) is 6.37. The van der Waals surface area contributed by atoms with Crippen molar-refractivity contribution in [1.29, 1.82) is 0 Å². The number of ether oxygens (including phenoxy) is 1. The van der Waals surface area contributed by atoms with E-state index in [2.05, 4.69) is 16.0 Å². The van der Waals surface area contributed by atoms with Crippen LogP contribution < -0.4 is 4.74 Å². The third-order valence-corrected chi connectivity index (χ3v) is 4.22. The maximum Gasteiger partial charge on any atom is 0.212 e. The van der Waals surface area contributed by atoms with Crippen molar-refractivity contribution in [3.63, 3.8) is 0 Å². The summed E-state index contributed by atoms with van der Waals surface area (Å²) in [6.07, 6.45) is 7.47. The highest BCUT2D eigenvalue weighted by Gasteiger charge is 2.10. The first-order valence-electron chi connectivity index (χ1n) is 7.95. The standard InChI is InChI=1S/C20H17N3O2/c1-25-20-6-5-16(9-22-20)18-8-17(11-23-13-21-10-19(18)23)15-4-2-3-14(7-15)12-24/h2-11,13,24H,12H2,1H3. The molecule has 0 saturated carbocycles. The smallest absolute Gasteiger partial charge is 0.212 e. The monoisotopic (exact) mass is 331 g/mol. The molecule has 5 heteroatoms. The lowest BCUT2D eigenvalue weighted by Crippen LogP contribution is -1.92. The summed E-state index contributed by atoms with van der Waals surface area (Å²) >= 11 is 0. The Morgan fingerprint density at radius 1 is 1.04 bits per heavy atom. The van der Waals surface area contributed by atoms with Gasteiger partial charge in [0.25, 0.3) is 0 Å². The molecule has 4 aromatic rings. The van der Waals surface area contributed by atoms with E-state index >= 15 is 0 Å². The number of pyridine rings is 2. The summed E-state index contributed by atoms with van der Waals surface area (Å²) in [5.74, 6) is 0.583. The lowest BCUT2D eigenvalue weighted by Gasteiger charge is -2.10. The fourth-order valence-corrected chi connectivity index (χ4v) is 2.93. The van der Waals surface area contributed by atoms with Crippen molar-refractivity contribution in [3.8, 4) is 28.1 Å². The van der Waals surface area contributed by atoms with Gasteiger partial charge < -0.3 is 14.2 Å². The summed E-state index contributed by atoms with van der Waals surface area (Å²) in [6.45, 7) is 0.0242. The number of benzene rings is 1. The number of nitrogens with zero attached hydrogens (tertiary/aromatic N) is 3. The summed E-state index contributed by atoms with van der Waals surface area (Å²) in [6, 6.07) is 13.9. The zero-order valence-electron chi connectivity index (χ0n) is 13.8. The van der Waals surface area contributed by atoms with Crippen LogP contribution in [0.5, 0.6) is 5.88 Å². The summed E-state index contributed by atoms with van der Waals surface area (Å²) in [4.78, 5) is 8.58. The average molecular weight is 331 g/mol. The van der Waals surface area contributed by atoms with Crippen LogP contribution >= 0.6 is 0 Å². The number of hydrogen-bond donors (Lipinski definition) is 1. The Kier molecular flexibility index (Phi) is 3.91. The molecular formula is C20H17N3O2. The third-order valence-electron chi connectivity index (χ3n) is 4.22. The van der Waals surface area contributed by atoms with Gasteiger partial charge in [0.1, 0.15) is 0 Å². The minimum absolute atomic E-state index is 0.0242. The largest absolute Gasteiger partial charge is 0.481 e. The SMILES string of the molecule is COc1ccc(-c2cc(-c3cccc(CO)c3)cn3cncc23)cn1. The van der Waals surface area contributed by atoms with Gasteiger partial charge in [-0.25, -0.2) is 9.97 Å². The normalized spacial score (nSPS) is 11.0. The van der Waals surface area contributed by atoms with Gasteiger partial charge >= 0.3 is 0 Å². The molecule has 1 N–H and O–H groups in total. The maximum absolute atomic E-state index is 9.39. The van der Waals surface area contributed by atoms with Crippen LogP contribution in [-0.2, 0) is 6.61 Å². The molecule has 3 heterocycles. The summed E-state index contributed by atoms with van der Waals surface area (Å²) < 4.78 is 7.14. The van der Waals surface area contributed by atoms with Crippen LogP contribution in [0.15, 0.2) is 67.4 Å². The van der Waals surface area contributed by atoms with E-state index in [0.29, 0.717) is 5.88 Å². The lowest BCUT2D eigenvalue weighted by atomic mass is 10.00. The minimum atomic E-state index is 0.0242. The van der Waals surface area contributed by atoms with Crippen molar-refractivity contribution >= 4 is 5.52 Å². The van der Waals surface area contributed by atoms with Gasteiger partial charge in [-0.3, -0.25) is 0 Å². The number of aliphatic hydroxyl groups excluding tert-OH is 1. The molecule has 0 amide bonds. The van der Waals surface area contributed by atoms with Crippen molar-refractivity contribution in [2.24, 2.45) is 0 Å². The second-order valence-electron chi connectivity index (χ2n) is 5.78. The summed E-state index contributed by atoms with van der Waals surface area (Å²) in [5, 5.41) is 9.39. The first kappa shape index (κ1) is 15.4. The first-order chi connectivity index (χ1) is 12.3. The maximum atomic E-state index is 9.39. The molecule has 4 rings (SSSR count). The quantitative estimate of drug-likeness (QED) is 0.621. The Balaban J connectivity index is 1.89. The Morgan fingerprint density at radius 3 is 2.72 bits per heavy atom. The van der Waals surface area contributed by atoms with Gasteiger partial charge in [-0.05, 0) is 34.9 Å². The fourth-order valence-electron chi connectivity index (χ4n) is 2.93. The van der Waals surface area contributed by atoms with E-state index in [-0.39, 0.29) is 6.61 Å². The molecule has 124 valence electrons. The van der Waals surface area contributed by atoms with Gasteiger partial charge in [0.05, 0.1) is 31.8 Å².